The topological polar surface area (TPSA) is 107 Å². The summed E-state index contributed by atoms with van der Waals surface area (Å²) >= 11 is 0. The zero-order valence-corrected chi connectivity index (χ0v) is 10.2. The highest BCUT2D eigenvalue weighted by atomic mass is 16.4. The highest BCUT2D eigenvalue weighted by Crippen LogP contribution is 2.29. The minimum atomic E-state index is -0.859. The molecular weight excluding hydrogens is 250 g/mol. The van der Waals surface area contributed by atoms with Gasteiger partial charge in [-0.2, -0.15) is 0 Å². The Morgan fingerprint density at radius 1 is 1.16 bits per heavy atom. The lowest BCUT2D eigenvalue weighted by atomic mass is 10.1. The molecule has 4 N–H and O–H groups in total. The molecule has 0 saturated heterocycles. The van der Waals surface area contributed by atoms with Crippen molar-refractivity contribution in [2.45, 2.75) is 25.3 Å². The van der Waals surface area contributed by atoms with Crippen LogP contribution in [0.3, 0.4) is 0 Å². The van der Waals surface area contributed by atoms with Crippen LogP contribution in [0.1, 0.15) is 29.6 Å². The lowest BCUT2D eigenvalue weighted by molar-refractivity contribution is -0.141. The zero-order valence-electron chi connectivity index (χ0n) is 10.2. The van der Waals surface area contributed by atoms with Crippen molar-refractivity contribution in [1.82, 2.24) is 5.32 Å². The number of phenolic OH excluding ortho intramolecular Hbond substituents is 2. The van der Waals surface area contributed by atoms with Crippen LogP contribution in [0.15, 0.2) is 18.2 Å². The standard InChI is InChI=1S/C13H15NO5/c15-9-2-1-3-10(16)11(9)12(17)14-8-5-4-7(6-8)13(18)19/h1-3,7-8,15-16H,4-6H2,(H,14,17)(H,18,19). The van der Waals surface area contributed by atoms with Crippen molar-refractivity contribution in [3.63, 3.8) is 0 Å². The first-order valence-electron chi connectivity index (χ1n) is 6.03. The minimum Gasteiger partial charge on any atom is -0.507 e. The Labute approximate surface area is 109 Å². The summed E-state index contributed by atoms with van der Waals surface area (Å²) < 4.78 is 0. The van der Waals surface area contributed by atoms with Gasteiger partial charge in [-0.1, -0.05) is 6.07 Å². The number of carbonyl (C=O) groups excluding carboxylic acids is 1. The summed E-state index contributed by atoms with van der Waals surface area (Å²) in [5.41, 5.74) is -0.179. The molecule has 2 unspecified atom stereocenters. The number of nitrogens with one attached hydrogen (secondary N) is 1. The zero-order chi connectivity index (χ0) is 14.0. The molecule has 1 aromatic rings. The van der Waals surface area contributed by atoms with E-state index in [1.165, 1.54) is 18.2 Å². The number of carboxylic acid groups (broad SMARTS) is 1. The third-order valence-electron chi connectivity index (χ3n) is 3.36. The molecule has 1 fully saturated rings. The molecule has 19 heavy (non-hydrogen) atoms. The average Bonchev–Trinajstić information content (AvgIpc) is 2.77. The van der Waals surface area contributed by atoms with Crippen LogP contribution in [-0.2, 0) is 4.79 Å². The number of hydrogen-bond donors (Lipinski definition) is 4. The van der Waals surface area contributed by atoms with Crippen LogP contribution >= 0.6 is 0 Å². The second-order valence-corrected chi connectivity index (χ2v) is 4.69. The summed E-state index contributed by atoms with van der Waals surface area (Å²) in [6.45, 7) is 0. The summed E-state index contributed by atoms with van der Waals surface area (Å²) in [5.74, 6) is -2.49. The molecule has 2 atom stereocenters. The maximum Gasteiger partial charge on any atom is 0.306 e. The van der Waals surface area contributed by atoms with Crippen LogP contribution in [0.5, 0.6) is 11.5 Å². The largest absolute Gasteiger partial charge is 0.507 e. The monoisotopic (exact) mass is 265 g/mol. The maximum absolute atomic E-state index is 11.9. The third kappa shape index (κ3) is 2.78. The van der Waals surface area contributed by atoms with Crippen LogP contribution in [0, 0.1) is 5.92 Å². The first-order chi connectivity index (χ1) is 8.99. The van der Waals surface area contributed by atoms with Crippen molar-refractivity contribution < 1.29 is 24.9 Å². The second-order valence-electron chi connectivity index (χ2n) is 4.69. The van der Waals surface area contributed by atoms with Gasteiger partial charge < -0.3 is 20.6 Å². The summed E-state index contributed by atoms with van der Waals surface area (Å²) in [7, 11) is 0. The fourth-order valence-electron chi connectivity index (χ4n) is 2.36. The predicted octanol–water partition coefficient (Wildman–Crippen LogP) is 1.08. The molecule has 102 valence electrons. The Bertz CT molecular complexity index is 494. The predicted molar refractivity (Wildman–Crippen MR) is 66.0 cm³/mol. The molecule has 1 saturated carbocycles. The van der Waals surface area contributed by atoms with Crippen molar-refractivity contribution in [2.24, 2.45) is 5.92 Å². The van der Waals surface area contributed by atoms with Crippen LogP contribution < -0.4 is 5.32 Å². The number of rotatable bonds is 3. The number of amides is 1. The molecule has 0 aliphatic heterocycles. The van der Waals surface area contributed by atoms with Crippen molar-refractivity contribution in [1.29, 1.82) is 0 Å². The Kier molecular flexibility index (Phi) is 3.59. The smallest absolute Gasteiger partial charge is 0.306 e. The number of benzene rings is 1. The van der Waals surface area contributed by atoms with Gasteiger partial charge in [0.05, 0.1) is 5.92 Å². The molecule has 1 amide bonds. The first kappa shape index (κ1) is 13.2. The van der Waals surface area contributed by atoms with E-state index in [1.54, 1.807) is 0 Å². The number of hydrogen-bond acceptors (Lipinski definition) is 4. The molecule has 0 spiro atoms. The molecule has 1 aromatic carbocycles. The van der Waals surface area contributed by atoms with Gasteiger partial charge in [-0.25, -0.2) is 0 Å². The van der Waals surface area contributed by atoms with E-state index in [4.69, 9.17) is 5.11 Å². The van der Waals surface area contributed by atoms with E-state index in [0.29, 0.717) is 19.3 Å². The number of carboxylic acids is 1. The van der Waals surface area contributed by atoms with E-state index in [2.05, 4.69) is 5.32 Å². The molecule has 6 nitrogen and oxygen atoms in total. The average molecular weight is 265 g/mol. The first-order valence-corrected chi connectivity index (χ1v) is 6.03. The Morgan fingerprint density at radius 2 is 1.79 bits per heavy atom. The molecule has 1 aliphatic rings. The normalized spacial score (nSPS) is 22.1. The third-order valence-corrected chi connectivity index (χ3v) is 3.36. The number of aliphatic carboxylic acids is 1. The summed E-state index contributed by atoms with van der Waals surface area (Å²) in [6, 6.07) is 3.80. The summed E-state index contributed by atoms with van der Waals surface area (Å²) in [5, 5.41) is 30.6. The van der Waals surface area contributed by atoms with E-state index in [-0.39, 0.29) is 23.1 Å². The van der Waals surface area contributed by atoms with Gasteiger partial charge in [0.15, 0.2) is 0 Å². The molecule has 0 radical (unpaired) electrons. The molecule has 0 bridgehead atoms. The molecule has 2 rings (SSSR count). The highest BCUT2D eigenvalue weighted by Gasteiger charge is 2.31. The Hall–Kier alpha value is -2.24. The molecular formula is C13H15NO5. The van der Waals surface area contributed by atoms with Gasteiger partial charge in [-0.15, -0.1) is 0 Å². The van der Waals surface area contributed by atoms with E-state index in [9.17, 15) is 19.8 Å². The maximum atomic E-state index is 11.9. The Balaban J connectivity index is 2.05. The van der Waals surface area contributed by atoms with Gasteiger partial charge in [0.2, 0.25) is 0 Å². The second kappa shape index (κ2) is 5.17. The van der Waals surface area contributed by atoms with E-state index >= 15 is 0 Å². The van der Waals surface area contributed by atoms with Crippen LogP contribution in [-0.4, -0.2) is 33.2 Å². The van der Waals surface area contributed by atoms with Crippen molar-refractivity contribution in [3.8, 4) is 11.5 Å². The highest BCUT2D eigenvalue weighted by molar-refractivity contribution is 5.99. The van der Waals surface area contributed by atoms with Crippen molar-refractivity contribution >= 4 is 11.9 Å². The van der Waals surface area contributed by atoms with Crippen LogP contribution in [0.25, 0.3) is 0 Å². The SMILES string of the molecule is O=C(NC1CCC(C(=O)O)C1)c1c(O)cccc1O. The lowest BCUT2D eigenvalue weighted by Gasteiger charge is -2.13. The quantitative estimate of drug-likeness (QED) is 0.654. The van der Waals surface area contributed by atoms with Gasteiger partial charge in [0.25, 0.3) is 5.91 Å². The van der Waals surface area contributed by atoms with Gasteiger partial charge in [-0.05, 0) is 31.4 Å². The van der Waals surface area contributed by atoms with Crippen molar-refractivity contribution in [2.75, 3.05) is 0 Å². The van der Waals surface area contributed by atoms with E-state index < -0.39 is 17.8 Å². The summed E-state index contributed by atoms with van der Waals surface area (Å²) in [4.78, 5) is 22.8. The van der Waals surface area contributed by atoms with Gasteiger partial charge in [0, 0.05) is 6.04 Å². The fraction of sp³-hybridized carbons (Fsp3) is 0.385. The van der Waals surface area contributed by atoms with Crippen LogP contribution in [0.4, 0.5) is 0 Å². The fourth-order valence-corrected chi connectivity index (χ4v) is 2.36. The van der Waals surface area contributed by atoms with Gasteiger partial charge >= 0.3 is 5.97 Å². The molecule has 6 heteroatoms. The van der Waals surface area contributed by atoms with Crippen LogP contribution in [0.2, 0.25) is 0 Å². The number of phenols is 2. The van der Waals surface area contributed by atoms with Gasteiger partial charge in [-0.3, -0.25) is 9.59 Å². The summed E-state index contributed by atoms with van der Waals surface area (Å²) in [6.07, 6.45) is 1.47. The number of carbonyl (C=O) groups is 2. The van der Waals surface area contributed by atoms with Gasteiger partial charge in [0.1, 0.15) is 17.1 Å². The lowest BCUT2D eigenvalue weighted by Crippen LogP contribution is -2.33. The van der Waals surface area contributed by atoms with E-state index in [0.717, 1.165) is 0 Å². The molecule has 1 aliphatic carbocycles. The van der Waals surface area contributed by atoms with E-state index in [1.807, 2.05) is 0 Å². The molecule has 0 heterocycles. The van der Waals surface area contributed by atoms with Crippen molar-refractivity contribution in [3.05, 3.63) is 23.8 Å². The number of aromatic hydroxyl groups is 2. The Morgan fingerprint density at radius 3 is 2.32 bits per heavy atom. The molecule has 0 aromatic heterocycles. The minimum absolute atomic E-state index is 0.179.